The Bertz CT molecular complexity index is 379. The van der Waals surface area contributed by atoms with E-state index in [-0.39, 0.29) is 0 Å². The van der Waals surface area contributed by atoms with Crippen molar-refractivity contribution in [3.05, 3.63) is 15.6 Å². The highest BCUT2D eigenvalue weighted by molar-refractivity contribution is 7.11. The minimum atomic E-state index is -0.691. The number of hydrogen-bond acceptors (Lipinski definition) is 5. The highest BCUT2D eigenvalue weighted by atomic mass is 32.1. The molecule has 0 aliphatic heterocycles. The molecule has 0 saturated carbocycles. The molecule has 2 rings (SSSR count). The number of nitrogens with zero attached hydrogens (tertiary/aromatic N) is 2. The molecule has 1 aromatic rings. The van der Waals surface area contributed by atoms with E-state index in [4.69, 9.17) is 0 Å². The molecule has 1 aromatic heterocycles. The Hall–Kier alpha value is -0.490. The fraction of sp³-hybridized carbons (Fsp3) is 0.769. The van der Waals surface area contributed by atoms with Gasteiger partial charge in [-0.1, -0.05) is 0 Å². The molecule has 1 aliphatic rings. The lowest BCUT2D eigenvalue weighted by Gasteiger charge is -2.27. The van der Waals surface area contributed by atoms with Crippen LogP contribution in [0.15, 0.2) is 0 Å². The molecular formula is C13H23N3OS. The molecule has 1 heterocycles. The SMILES string of the molecule is CN(C)CC(C)(O)CNCc1nc2c(s1)CCC2. The van der Waals surface area contributed by atoms with Gasteiger partial charge in [-0.15, -0.1) is 11.3 Å². The highest BCUT2D eigenvalue weighted by Crippen LogP contribution is 2.27. The molecule has 0 spiro atoms. The van der Waals surface area contributed by atoms with Crippen LogP contribution in [-0.4, -0.2) is 47.8 Å². The third-order valence-corrected chi connectivity index (χ3v) is 4.24. The summed E-state index contributed by atoms with van der Waals surface area (Å²) >= 11 is 1.82. The van der Waals surface area contributed by atoms with Gasteiger partial charge in [0.05, 0.1) is 11.3 Å². The first kappa shape index (κ1) is 13.9. The first-order valence-corrected chi connectivity index (χ1v) is 7.33. The van der Waals surface area contributed by atoms with Crippen LogP contribution in [0.2, 0.25) is 0 Å². The molecule has 0 aromatic carbocycles. The zero-order valence-corrected chi connectivity index (χ0v) is 12.3. The van der Waals surface area contributed by atoms with Crippen molar-refractivity contribution in [3.8, 4) is 0 Å². The Kier molecular flexibility index (Phi) is 4.37. The summed E-state index contributed by atoms with van der Waals surface area (Å²) in [6.07, 6.45) is 3.61. The molecule has 1 aliphatic carbocycles. The summed E-state index contributed by atoms with van der Waals surface area (Å²) in [6.45, 7) is 3.88. The van der Waals surface area contributed by atoms with E-state index in [9.17, 15) is 5.11 Å². The second-order valence-electron chi connectivity index (χ2n) is 5.67. The van der Waals surface area contributed by atoms with Gasteiger partial charge >= 0.3 is 0 Å². The fourth-order valence-corrected chi connectivity index (χ4v) is 3.62. The van der Waals surface area contributed by atoms with Gasteiger partial charge in [0.25, 0.3) is 0 Å². The molecule has 0 amide bonds. The number of likely N-dealkylation sites (N-methyl/N-ethyl adjacent to an activating group) is 1. The van der Waals surface area contributed by atoms with E-state index in [1.165, 1.54) is 23.4 Å². The molecule has 0 bridgehead atoms. The summed E-state index contributed by atoms with van der Waals surface area (Å²) in [4.78, 5) is 8.10. The molecular weight excluding hydrogens is 246 g/mol. The van der Waals surface area contributed by atoms with Crippen LogP contribution in [0, 0.1) is 0 Å². The largest absolute Gasteiger partial charge is 0.388 e. The number of rotatable bonds is 6. The normalized spacial score (nSPS) is 18.1. The number of thiazole rings is 1. The lowest BCUT2D eigenvalue weighted by atomic mass is 10.1. The Balaban J connectivity index is 1.77. The lowest BCUT2D eigenvalue weighted by molar-refractivity contribution is 0.0336. The smallest absolute Gasteiger partial charge is 0.107 e. The van der Waals surface area contributed by atoms with E-state index >= 15 is 0 Å². The average Bonchev–Trinajstić information content (AvgIpc) is 2.74. The second kappa shape index (κ2) is 5.65. The molecule has 5 heteroatoms. The summed E-state index contributed by atoms with van der Waals surface area (Å²) in [5.41, 5.74) is 0.612. The van der Waals surface area contributed by atoms with Crippen LogP contribution in [-0.2, 0) is 19.4 Å². The molecule has 4 nitrogen and oxygen atoms in total. The van der Waals surface area contributed by atoms with Crippen molar-refractivity contribution in [3.63, 3.8) is 0 Å². The minimum absolute atomic E-state index is 0.593. The van der Waals surface area contributed by atoms with Crippen LogP contribution in [0.3, 0.4) is 0 Å². The maximum absolute atomic E-state index is 10.2. The fourth-order valence-electron chi connectivity index (χ4n) is 2.50. The Morgan fingerprint density at radius 2 is 2.22 bits per heavy atom. The predicted molar refractivity (Wildman–Crippen MR) is 75.0 cm³/mol. The second-order valence-corrected chi connectivity index (χ2v) is 6.84. The van der Waals surface area contributed by atoms with Gasteiger partial charge in [-0.05, 0) is 40.3 Å². The predicted octanol–water partition coefficient (Wildman–Crippen LogP) is 1.03. The van der Waals surface area contributed by atoms with Gasteiger partial charge in [0.2, 0.25) is 0 Å². The van der Waals surface area contributed by atoms with Gasteiger partial charge in [0, 0.05) is 24.5 Å². The van der Waals surface area contributed by atoms with Crippen LogP contribution in [0.1, 0.15) is 28.9 Å². The molecule has 0 radical (unpaired) electrons. The Labute approximate surface area is 113 Å². The van der Waals surface area contributed by atoms with E-state index in [0.29, 0.717) is 13.1 Å². The summed E-state index contributed by atoms with van der Waals surface area (Å²) < 4.78 is 0. The third kappa shape index (κ3) is 3.75. The van der Waals surface area contributed by atoms with Crippen molar-refractivity contribution >= 4 is 11.3 Å². The summed E-state index contributed by atoms with van der Waals surface area (Å²) in [6, 6.07) is 0. The van der Waals surface area contributed by atoms with Gasteiger partial charge in [0.15, 0.2) is 0 Å². The summed E-state index contributed by atoms with van der Waals surface area (Å²) in [5, 5.41) is 14.6. The number of nitrogens with one attached hydrogen (secondary N) is 1. The van der Waals surface area contributed by atoms with E-state index in [2.05, 4.69) is 10.3 Å². The van der Waals surface area contributed by atoms with E-state index in [0.717, 1.165) is 18.0 Å². The zero-order chi connectivity index (χ0) is 13.2. The van der Waals surface area contributed by atoms with Gasteiger partial charge in [-0.25, -0.2) is 4.98 Å². The number of hydrogen-bond donors (Lipinski definition) is 2. The molecule has 1 atom stereocenters. The van der Waals surface area contributed by atoms with Crippen LogP contribution in [0.5, 0.6) is 0 Å². The quantitative estimate of drug-likeness (QED) is 0.810. The highest BCUT2D eigenvalue weighted by Gasteiger charge is 2.21. The van der Waals surface area contributed by atoms with Crippen molar-refractivity contribution in [1.82, 2.24) is 15.2 Å². The Morgan fingerprint density at radius 1 is 1.44 bits per heavy atom. The number of aliphatic hydroxyl groups is 1. The monoisotopic (exact) mass is 269 g/mol. The lowest BCUT2D eigenvalue weighted by Crippen LogP contribution is -2.45. The van der Waals surface area contributed by atoms with Crippen molar-refractivity contribution in [2.24, 2.45) is 0 Å². The van der Waals surface area contributed by atoms with E-state index < -0.39 is 5.60 Å². The van der Waals surface area contributed by atoms with E-state index in [1.54, 1.807) is 0 Å². The minimum Gasteiger partial charge on any atom is -0.388 e. The van der Waals surface area contributed by atoms with Crippen molar-refractivity contribution in [2.45, 2.75) is 38.3 Å². The number of fused-ring (bicyclic) bond motifs is 1. The average molecular weight is 269 g/mol. The van der Waals surface area contributed by atoms with Crippen LogP contribution >= 0.6 is 11.3 Å². The van der Waals surface area contributed by atoms with Crippen molar-refractivity contribution < 1.29 is 5.11 Å². The standard InChI is InChI=1S/C13H23N3OS/c1-13(17,9-16(2)3)8-14-7-12-15-10-5-4-6-11(10)18-12/h14,17H,4-9H2,1-3H3. The van der Waals surface area contributed by atoms with E-state index in [1.807, 2.05) is 37.3 Å². The molecule has 0 fully saturated rings. The summed E-state index contributed by atoms with van der Waals surface area (Å²) in [7, 11) is 3.94. The van der Waals surface area contributed by atoms with Crippen molar-refractivity contribution in [1.29, 1.82) is 0 Å². The Morgan fingerprint density at radius 3 is 2.89 bits per heavy atom. The van der Waals surface area contributed by atoms with Crippen LogP contribution < -0.4 is 5.32 Å². The van der Waals surface area contributed by atoms with Crippen LogP contribution in [0.4, 0.5) is 0 Å². The topological polar surface area (TPSA) is 48.4 Å². The van der Waals surface area contributed by atoms with Gasteiger partial charge in [-0.2, -0.15) is 0 Å². The van der Waals surface area contributed by atoms with Gasteiger partial charge in [0.1, 0.15) is 5.01 Å². The molecule has 0 saturated heterocycles. The zero-order valence-electron chi connectivity index (χ0n) is 11.5. The van der Waals surface area contributed by atoms with Gasteiger partial charge < -0.3 is 15.3 Å². The van der Waals surface area contributed by atoms with Crippen molar-refractivity contribution in [2.75, 3.05) is 27.2 Å². The first-order valence-electron chi connectivity index (χ1n) is 6.51. The maximum Gasteiger partial charge on any atom is 0.107 e. The van der Waals surface area contributed by atoms with Crippen LogP contribution in [0.25, 0.3) is 0 Å². The first-order chi connectivity index (χ1) is 8.46. The third-order valence-electron chi connectivity index (χ3n) is 3.08. The molecule has 102 valence electrons. The molecule has 2 N–H and O–H groups in total. The number of aryl methyl sites for hydroxylation is 2. The molecule has 18 heavy (non-hydrogen) atoms. The van der Waals surface area contributed by atoms with Gasteiger partial charge in [-0.3, -0.25) is 0 Å². The number of aromatic nitrogens is 1. The molecule has 1 unspecified atom stereocenters. The maximum atomic E-state index is 10.2. The summed E-state index contributed by atoms with van der Waals surface area (Å²) in [5.74, 6) is 0.